The zero-order chi connectivity index (χ0) is 17.5. The van der Waals surface area contributed by atoms with E-state index in [1.54, 1.807) is 36.3 Å². The van der Waals surface area contributed by atoms with E-state index in [1.165, 1.54) is 0 Å². The average Bonchev–Trinajstić information content (AvgIpc) is 2.63. The van der Waals surface area contributed by atoms with E-state index in [-0.39, 0.29) is 23.7 Å². The van der Waals surface area contributed by atoms with Gasteiger partial charge in [-0.3, -0.25) is 9.59 Å². The van der Waals surface area contributed by atoms with Crippen LogP contribution in [0.4, 0.5) is 5.69 Å². The maximum Gasteiger partial charge on any atom is 0.228 e. The minimum Gasteiger partial charge on any atom is -0.497 e. The Balaban J connectivity index is 2.09. The van der Waals surface area contributed by atoms with Crippen LogP contribution in [-0.4, -0.2) is 36.9 Å². The minimum absolute atomic E-state index is 0.0687. The molecule has 0 aromatic heterocycles. The number of rotatable bonds is 6. The van der Waals surface area contributed by atoms with Crippen molar-refractivity contribution in [2.45, 2.75) is 26.7 Å². The van der Waals surface area contributed by atoms with Gasteiger partial charge < -0.3 is 15.0 Å². The highest BCUT2D eigenvalue weighted by atomic mass is 16.5. The second-order valence-electron chi connectivity index (χ2n) is 5.88. The SMILES string of the molecule is CCN(CC)C(=O)C1CC=CCC1C(=O)Nc1ccc(OC)cc1. The molecule has 24 heavy (non-hydrogen) atoms. The van der Waals surface area contributed by atoms with Gasteiger partial charge in [-0.25, -0.2) is 0 Å². The fourth-order valence-corrected chi connectivity index (χ4v) is 3.06. The fourth-order valence-electron chi connectivity index (χ4n) is 3.06. The summed E-state index contributed by atoms with van der Waals surface area (Å²) in [6, 6.07) is 7.21. The third kappa shape index (κ3) is 4.16. The summed E-state index contributed by atoms with van der Waals surface area (Å²) in [5.41, 5.74) is 0.712. The first-order valence-corrected chi connectivity index (χ1v) is 8.49. The highest BCUT2D eigenvalue weighted by Gasteiger charge is 2.35. The van der Waals surface area contributed by atoms with Gasteiger partial charge in [0, 0.05) is 18.8 Å². The zero-order valence-electron chi connectivity index (χ0n) is 14.6. The van der Waals surface area contributed by atoms with Crippen molar-refractivity contribution < 1.29 is 14.3 Å². The fraction of sp³-hybridized carbons (Fsp3) is 0.474. The molecule has 0 heterocycles. The van der Waals surface area contributed by atoms with Crippen LogP contribution in [0, 0.1) is 11.8 Å². The van der Waals surface area contributed by atoms with Crippen LogP contribution >= 0.6 is 0 Å². The summed E-state index contributed by atoms with van der Waals surface area (Å²) in [6.07, 6.45) is 5.21. The number of carbonyl (C=O) groups excluding carboxylic acids is 2. The van der Waals surface area contributed by atoms with E-state index in [2.05, 4.69) is 5.32 Å². The molecule has 0 aliphatic heterocycles. The molecular weight excluding hydrogens is 304 g/mol. The number of benzene rings is 1. The number of methoxy groups -OCH3 is 1. The lowest BCUT2D eigenvalue weighted by atomic mass is 9.81. The predicted molar refractivity (Wildman–Crippen MR) is 94.9 cm³/mol. The first-order chi connectivity index (χ1) is 11.6. The molecule has 2 atom stereocenters. The van der Waals surface area contributed by atoms with Crippen LogP contribution in [0.1, 0.15) is 26.7 Å². The van der Waals surface area contributed by atoms with Crippen molar-refractivity contribution in [1.82, 2.24) is 4.90 Å². The number of nitrogens with zero attached hydrogens (tertiary/aromatic N) is 1. The van der Waals surface area contributed by atoms with E-state index in [1.807, 2.05) is 26.0 Å². The van der Waals surface area contributed by atoms with Gasteiger partial charge in [0.05, 0.1) is 18.9 Å². The Kier molecular flexibility index (Phi) is 6.41. The second kappa shape index (κ2) is 8.52. The van der Waals surface area contributed by atoms with E-state index in [0.717, 1.165) is 5.75 Å². The molecule has 2 unspecified atom stereocenters. The molecule has 130 valence electrons. The summed E-state index contributed by atoms with van der Waals surface area (Å²) >= 11 is 0. The van der Waals surface area contributed by atoms with Gasteiger partial charge >= 0.3 is 0 Å². The second-order valence-corrected chi connectivity index (χ2v) is 5.88. The number of nitrogens with one attached hydrogen (secondary N) is 1. The number of allylic oxidation sites excluding steroid dienone is 2. The Morgan fingerprint density at radius 2 is 1.67 bits per heavy atom. The number of anilines is 1. The van der Waals surface area contributed by atoms with Crippen molar-refractivity contribution in [3.8, 4) is 5.75 Å². The molecule has 1 aliphatic carbocycles. The Morgan fingerprint density at radius 1 is 1.08 bits per heavy atom. The highest BCUT2D eigenvalue weighted by molar-refractivity contribution is 5.96. The van der Waals surface area contributed by atoms with Crippen molar-refractivity contribution >= 4 is 17.5 Å². The Morgan fingerprint density at radius 3 is 2.21 bits per heavy atom. The van der Waals surface area contributed by atoms with Gasteiger partial charge in [-0.2, -0.15) is 0 Å². The zero-order valence-corrected chi connectivity index (χ0v) is 14.6. The maximum absolute atomic E-state index is 12.7. The molecule has 0 fully saturated rings. The molecular formula is C19H26N2O3. The number of hydrogen-bond acceptors (Lipinski definition) is 3. The molecule has 0 saturated carbocycles. The Labute approximate surface area is 143 Å². The van der Waals surface area contributed by atoms with Crippen LogP contribution in [0.2, 0.25) is 0 Å². The van der Waals surface area contributed by atoms with Gasteiger partial charge in [-0.1, -0.05) is 12.2 Å². The van der Waals surface area contributed by atoms with Crippen LogP contribution in [0.25, 0.3) is 0 Å². The average molecular weight is 330 g/mol. The molecule has 1 aromatic rings. The lowest BCUT2D eigenvalue weighted by molar-refractivity contribution is -0.140. The largest absolute Gasteiger partial charge is 0.497 e. The Hall–Kier alpha value is -2.30. The molecule has 1 aliphatic rings. The van der Waals surface area contributed by atoms with Crippen LogP contribution < -0.4 is 10.1 Å². The van der Waals surface area contributed by atoms with Crippen LogP contribution in [0.15, 0.2) is 36.4 Å². The molecule has 2 rings (SSSR count). The first kappa shape index (κ1) is 18.0. The van der Waals surface area contributed by atoms with Gasteiger partial charge in [0.15, 0.2) is 0 Å². The molecule has 0 radical (unpaired) electrons. The van der Waals surface area contributed by atoms with Crippen molar-refractivity contribution in [1.29, 1.82) is 0 Å². The summed E-state index contributed by atoms with van der Waals surface area (Å²) in [7, 11) is 1.60. The predicted octanol–water partition coefficient (Wildman–Crippen LogP) is 3.08. The van der Waals surface area contributed by atoms with Gasteiger partial charge in [0.25, 0.3) is 0 Å². The smallest absolute Gasteiger partial charge is 0.228 e. The summed E-state index contributed by atoms with van der Waals surface area (Å²) in [5.74, 6) is 0.0933. The molecule has 0 saturated heterocycles. The molecule has 1 aromatic carbocycles. The van der Waals surface area contributed by atoms with Crippen molar-refractivity contribution in [3.05, 3.63) is 36.4 Å². The number of hydrogen-bond donors (Lipinski definition) is 1. The van der Waals surface area contributed by atoms with Crippen LogP contribution in [-0.2, 0) is 9.59 Å². The highest BCUT2D eigenvalue weighted by Crippen LogP contribution is 2.29. The molecule has 5 heteroatoms. The summed E-state index contributed by atoms with van der Waals surface area (Å²) in [4.78, 5) is 27.2. The van der Waals surface area contributed by atoms with E-state index in [0.29, 0.717) is 31.6 Å². The summed E-state index contributed by atoms with van der Waals surface area (Å²) in [5, 5.41) is 2.92. The van der Waals surface area contributed by atoms with Crippen molar-refractivity contribution in [2.75, 3.05) is 25.5 Å². The van der Waals surface area contributed by atoms with Gasteiger partial charge in [-0.15, -0.1) is 0 Å². The third-order valence-corrected chi connectivity index (χ3v) is 4.52. The lowest BCUT2D eigenvalue weighted by Gasteiger charge is -2.31. The number of amides is 2. The molecule has 0 spiro atoms. The minimum atomic E-state index is -0.329. The monoisotopic (exact) mass is 330 g/mol. The Bertz CT molecular complexity index is 591. The van der Waals surface area contributed by atoms with Gasteiger partial charge in [0.1, 0.15) is 5.75 Å². The van der Waals surface area contributed by atoms with E-state index in [4.69, 9.17) is 4.74 Å². The summed E-state index contributed by atoms with van der Waals surface area (Å²) < 4.78 is 5.12. The van der Waals surface area contributed by atoms with E-state index >= 15 is 0 Å². The standard InChI is InChI=1S/C19H26N2O3/c1-4-21(5-2)19(23)17-9-7-6-8-16(17)18(22)20-14-10-12-15(24-3)13-11-14/h6-7,10-13,16-17H,4-5,8-9H2,1-3H3,(H,20,22). The lowest BCUT2D eigenvalue weighted by Crippen LogP contribution is -2.43. The topological polar surface area (TPSA) is 58.6 Å². The van der Waals surface area contributed by atoms with Gasteiger partial charge in [-0.05, 0) is 51.0 Å². The maximum atomic E-state index is 12.7. The van der Waals surface area contributed by atoms with E-state index in [9.17, 15) is 9.59 Å². The van der Waals surface area contributed by atoms with Gasteiger partial charge in [0.2, 0.25) is 11.8 Å². The first-order valence-electron chi connectivity index (χ1n) is 8.49. The van der Waals surface area contributed by atoms with Crippen molar-refractivity contribution in [2.24, 2.45) is 11.8 Å². The van der Waals surface area contributed by atoms with Crippen molar-refractivity contribution in [3.63, 3.8) is 0 Å². The normalized spacial score (nSPS) is 19.6. The third-order valence-electron chi connectivity index (χ3n) is 4.52. The van der Waals surface area contributed by atoms with E-state index < -0.39 is 0 Å². The van der Waals surface area contributed by atoms with Crippen LogP contribution in [0.5, 0.6) is 5.75 Å². The molecule has 0 bridgehead atoms. The number of ether oxygens (including phenoxy) is 1. The quantitative estimate of drug-likeness (QED) is 0.816. The molecule has 1 N–H and O–H groups in total. The summed E-state index contributed by atoms with van der Waals surface area (Å²) in [6.45, 7) is 5.27. The molecule has 5 nitrogen and oxygen atoms in total. The molecule has 2 amide bonds. The van der Waals surface area contributed by atoms with Crippen LogP contribution in [0.3, 0.4) is 0 Å². The number of carbonyl (C=O) groups is 2.